The molecule has 53 heavy (non-hydrogen) atoms. The van der Waals surface area contributed by atoms with E-state index in [1.165, 1.54) is 0 Å². The summed E-state index contributed by atoms with van der Waals surface area (Å²) in [4.78, 5) is 19.8. The highest BCUT2D eigenvalue weighted by Gasteiger charge is 2.19. The number of hydrogen-bond acceptors (Lipinski definition) is 6. The topological polar surface area (TPSA) is 64.7 Å². The molecule has 0 atom stereocenters. The molecule has 0 fully saturated rings. The van der Waals surface area contributed by atoms with Crippen LogP contribution in [0.4, 0.5) is 0 Å². The molecule has 0 aliphatic rings. The smallest absolute Gasteiger partial charge is 0.164 e. The fourth-order valence-electron chi connectivity index (χ4n) is 6.58. The van der Waals surface area contributed by atoms with E-state index >= 15 is 0 Å². The van der Waals surface area contributed by atoms with Crippen LogP contribution < -0.4 is 0 Å². The van der Waals surface area contributed by atoms with Crippen molar-refractivity contribution in [2.24, 2.45) is 0 Å². The van der Waals surface area contributed by atoms with Crippen molar-refractivity contribution in [3.63, 3.8) is 0 Å². The maximum Gasteiger partial charge on any atom is 0.164 e. The zero-order chi connectivity index (χ0) is 36.3. The minimum atomic E-state index is 0.623. The molecule has 0 N–H and O–H groups in total. The molecule has 0 bridgehead atoms. The molecule has 0 aliphatic carbocycles. The van der Waals surface area contributed by atoms with E-state index in [0.29, 0.717) is 17.5 Å². The number of hydrogen-bond donors (Lipinski definition) is 0. The third-order valence-electron chi connectivity index (χ3n) is 9.28. The Morgan fingerprint density at radius 3 is 1.98 bits per heavy atom. The first kappa shape index (κ1) is 33.6. The van der Waals surface area contributed by atoms with Crippen LogP contribution in [0.25, 0.3) is 82.6 Å². The van der Waals surface area contributed by atoms with Gasteiger partial charge in [0.05, 0.1) is 10.2 Å². The largest absolute Gasteiger partial charge is 0.455 e. The fourth-order valence-corrected chi connectivity index (χ4v) is 7.58. The first-order valence-electron chi connectivity index (χ1n) is 17.5. The molecule has 8 rings (SSSR count). The van der Waals surface area contributed by atoms with Gasteiger partial charge in [-0.2, -0.15) is 0 Å². The second-order valence-electron chi connectivity index (χ2n) is 12.7. The second-order valence-corrected chi connectivity index (χ2v) is 13.8. The number of allylic oxidation sites excluding steroid dienone is 7. The molecule has 8 aromatic rings. The molecule has 0 amide bonds. The van der Waals surface area contributed by atoms with Crippen molar-refractivity contribution in [2.75, 3.05) is 0 Å². The van der Waals surface area contributed by atoms with Gasteiger partial charge in [0.15, 0.2) is 17.5 Å². The number of benzene rings is 5. The summed E-state index contributed by atoms with van der Waals surface area (Å²) in [5, 5.41) is 2.05. The highest BCUT2D eigenvalue weighted by atomic mass is 32.1. The quantitative estimate of drug-likeness (QED) is 0.140. The summed E-state index contributed by atoms with van der Waals surface area (Å²) in [6.45, 7) is 10.1. The first-order chi connectivity index (χ1) is 26.0. The number of para-hydroxylation sites is 1. The van der Waals surface area contributed by atoms with Gasteiger partial charge in [-0.3, -0.25) is 0 Å². The first-order valence-corrected chi connectivity index (χ1v) is 18.4. The van der Waals surface area contributed by atoms with E-state index in [4.69, 9.17) is 24.4 Å². The summed E-state index contributed by atoms with van der Waals surface area (Å²) >= 11 is 1.66. The van der Waals surface area contributed by atoms with Gasteiger partial charge in [-0.15, -0.1) is 11.3 Å². The maximum atomic E-state index is 6.70. The van der Waals surface area contributed by atoms with Gasteiger partial charge in [0.2, 0.25) is 0 Å². The molecule has 0 spiro atoms. The molecular formula is C47H36N4OS. The van der Waals surface area contributed by atoms with Crippen molar-refractivity contribution in [1.82, 2.24) is 19.9 Å². The summed E-state index contributed by atoms with van der Waals surface area (Å²) in [6.07, 6.45) is 9.90. The van der Waals surface area contributed by atoms with Crippen LogP contribution >= 0.6 is 11.3 Å². The number of aryl methyl sites for hydroxylation is 1. The van der Waals surface area contributed by atoms with E-state index in [1.807, 2.05) is 78.9 Å². The van der Waals surface area contributed by atoms with Crippen molar-refractivity contribution < 1.29 is 4.42 Å². The zero-order valence-corrected chi connectivity index (χ0v) is 30.6. The lowest BCUT2D eigenvalue weighted by Gasteiger charge is -2.08. The molecule has 0 aliphatic heterocycles. The fraction of sp³-hybridized carbons (Fsp3) is 0.0638. The van der Waals surface area contributed by atoms with Gasteiger partial charge in [0, 0.05) is 44.3 Å². The molecular weight excluding hydrogens is 669 g/mol. The van der Waals surface area contributed by atoms with Crippen molar-refractivity contribution in [2.45, 2.75) is 20.8 Å². The number of fused-ring (bicyclic) bond motifs is 2. The third kappa shape index (κ3) is 6.68. The van der Waals surface area contributed by atoms with Gasteiger partial charge < -0.3 is 4.42 Å². The van der Waals surface area contributed by atoms with Crippen molar-refractivity contribution in [3.05, 3.63) is 175 Å². The van der Waals surface area contributed by atoms with Crippen LogP contribution in [-0.2, 0) is 0 Å². The Balaban J connectivity index is 1.16. The zero-order valence-electron chi connectivity index (χ0n) is 29.7. The summed E-state index contributed by atoms with van der Waals surface area (Å²) < 4.78 is 7.76. The number of thiazole rings is 1. The number of nitrogens with zero attached hydrogens (tertiary/aromatic N) is 4. The second kappa shape index (κ2) is 14.6. The maximum absolute atomic E-state index is 6.70. The molecule has 0 radical (unpaired) electrons. The molecule has 3 heterocycles. The van der Waals surface area contributed by atoms with E-state index in [9.17, 15) is 0 Å². The average Bonchev–Trinajstić information content (AvgIpc) is 3.79. The monoisotopic (exact) mass is 704 g/mol. The molecule has 6 heteroatoms. The SMILES string of the molecule is C=C\C=C/C=C(C)/C(=C/C)c1oc2c(-c3cccc(-c4nc5ccc(-c6nc(-c7ccccc7)nc(-c7ccccc7)n6)cc5s4)c3)cccc2c1C. The predicted octanol–water partition coefficient (Wildman–Crippen LogP) is 13.0. The summed E-state index contributed by atoms with van der Waals surface area (Å²) in [5.74, 6) is 2.79. The van der Waals surface area contributed by atoms with Gasteiger partial charge in [-0.05, 0) is 56.2 Å². The van der Waals surface area contributed by atoms with E-state index in [2.05, 4.69) is 94.1 Å². The molecule has 0 saturated carbocycles. The standard InChI is InChI=1S/C47H36N4OS/c1-5-7-10-17-30(3)37(6-2)42-31(4)38-24-16-25-39(43(38)52-42)34-22-15-23-36(28-34)47-48-40-27-26-35(29-41(40)53-47)46-50-44(32-18-11-8-12-19-32)49-45(51-46)33-20-13-9-14-21-33/h5-29H,1H2,2-4H3/b10-7-,30-17+,37-6-. The Hall–Kier alpha value is -6.50. The molecule has 256 valence electrons. The van der Waals surface area contributed by atoms with Crippen LogP contribution in [0.1, 0.15) is 25.2 Å². The summed E-state index contributed by atoms with van der Waals surface area (Å²) in [6, 6.07) is 41.2. The predicted molar refractivity (Wildman–Crippen MR) is 221 cm³/mol. The Labute approximate surface area is 313 Å². The van der Waals surface area contributed by atoms with Gasteiger partial charge in [0.1, 0.15) is 16.4 Å². The van der Waals surface area contributed by atoms with Crippen LogP contribution in [0, 0.1) is 6.92 Å². The minimum absolute atomic E-state index is 0.623. The molecule has 5 aromatic carbocycles. The summed E-state index contributed by atoms with van der Waals surface area (Å²) in [5.41, 5.74) is 11.1. The van der Waals surface area contributed by atoms with Gasteiger partial charge in [-0.25, -0.2) is 19.9 Å². The normalized spacial score (nSPS) is 12.3. The van der Waals surface area contributed by atoms with E-state index < -0.39 is 0 Å². The van der Waals surface area contributed by atoms with Gasteiger partial charge >= 0.3 is 0 Å². The average molecular weight is 705 g/mol. The number of furan rings is 1. The Bertz CT molecular complexity index is 2660. The lowest BCUT2D eigenvalue weighted by Crippen LogP contribution is -1.99. The number of rotatable bonds is 9. The lowest BCUT2D eigenvalue weighted by molar-refractivity contribution is 0.598. The minimum Gasteiger partial charge on any atom is -0.455 e. The molecule has 3 aromatic heterocycles. The molecule has 5 nitrogen and oxygen atoms in total. The van der Waals surface area contributed by atoms with Crippen molar-refractivity contribution >= 4 is 38.1 Å². The van der Waals surface area contributed by atoms with E-state index in [0.717, 1.165) is 82.0 Å². The molecule has 0 saturated heterocycles. The van der Waals surface area contributed by atoms with Crippen LogP contribution in [0.2, 0.25) is 0 Å². The van der Waals surface area contributed by atoms with Crippen molar-refractivity contribution in [1.29, 1.82) is 0 Å². The Kier molecular flexibility index (Phi) is 9.28. The molecule has 0 unspecified atom stereocenters. The highest BCUT2D eigenvalue weighted by Crippen LogP contribution is 2.40. The van der Waals surface area contributed by atoms with Crippen LogP contribution in [-0.4, -0.2) is 19.9 Å². The number of aromatic nitrogens is 4. The third-order valence-corrected chi connectivity index (χ3v) is 10.3. The van der Waals surface area contributed by atoms with Gasteiger partial charge in [0.25, 0.3) is 0 Å². The van der Waals surface area contributed by atoms with Crippen LogP contribution in [0.5, 0.6) is 0 Å². The Morgan fingerprint density at radius 1 is 0.660 bits per heavy atom. The van der Waals surface area contributed by atoms with E-state index in [-0.39, 0.29) is 0 Å². The van der Waals surface area contributed by atoms with Gasteiger partial charge in [-0.1, -0.05) is 134 Å². The van der Waals surface area contributed by atoms with Crippen LogP contribution in [0.3, 0.4) is 0 Å². The summed E-state index contributed by atoms with van der Waals surface area (Å²) in [7, 11) is 0. The van der Waals surface area contributed by atoms with Crippen molar-refractivity contribution in [3.8, 4) is 55.9 Å². The van der Waals surface area contributed by atoms with Crippen LogP contribution in [0.15, 0.2) is 168 Å². The highest BCUT2D eigenvalue weighted by molar-refractivity contribution is 7.21. The Morgan fingerprint density at radius 2 is 1.30 bits per heavy atom. The van der Waals surface area contributed by atoms with E-state index in [1.54, 1.807) is 17.4 Å². The lowest BCUT2D eigenvalue weighted by atomic mass is 9.98.